The molecule has 1 rings (SSSR count). The summed E-state index contributed by atoms with van der Waals surface area (Å²) in [5, 5.41) is 3.30. The molecular formula is C52H102N2O4. The quantitative estimate of drug-likeness (QED) is 0.0212. The van der Waals surface area contributed by atoms with Gasteiger partial charge in [0, 0.05) is 35.1 Å². The van der Waals surface area contributed by atoms with Gasteiger partial charge in [-0.15, -0.1) is 0 Å². The number of allylic oxidation sites excluding steroid dienone is 5. The molecule has 0 heterocycles. The summed E-state index contributed by atoms with van der Waals surface area (Å²) >= 11 is 0. The first-order valence-electron chi connectivity index (χ1n) is 24.8. The molecule has 58 heavy (non-hydrogen) atoms. The molecule has 6 nitrogen and oxygen atoms in total. The van der Waals surface area contributed by atoms with Crippen LogP contribution < -0.4 is 10.8 Å². The van der Waals surface area contributed by atoms with Crippen LogP contribution in [0.1, 0.15) is 239 Å². The predicted octanol–water partition coefficient (Wildman–Crippen LogP) is 15.9. The van der Waals surface area contributed by atoms with Gasteiger partial charge in [0.05, 0.1) is 24.6 Å². The second-order valence-electron chi connectivity index (χ2n) is 18.3. The minimum atomic E-state index is -0.259. The molecule has 1 amide bonds. The molecule has 2 unspecified atom stereocenters. The summed E-state index contributed by atoms with van der Waals surface area (Å²) in [5.41, 5.74) is 9.31. The Morgan fingerprint density at radius 2 is 1.22 bits per heavy atom. The Kier molecular flexibility index (Phi) is 33.3. The van der Waals surface area contributed by atoms with Gasteiger partial charge >= 0.3 is 0 Å². The van der Waals surface area contributed by atoms with Crippen LogP contribution >= 0.6 is 0 Å². The lowest BCUT2D eigenvalue weighted by molar-refractivity contribution is -0.126. The summed E-state index contributed by atoms with van der Waals surface area (Å²) < 4.78 is 12.7. The third-order valence-corrected chi connectivity index (χ3v) is 11.8. The Balaban J connectivity index is -0.0000112. The molecule has 344 valence electrons. The Labute approximate surface area is 365 Å². The van der Waals surface area contributed by atoms with Crippen molar-refractivity contribution in [3.05, 3.63) is 41.1 Å². The smallest absolute Gasteiger partial charge is 0.223 e. The number of carbonyl (C=O) groups excluding carboxylic acids is 1. The standard InChI is InChI=1S/C52H96N2O4.3H2/c1-10-16-20-24-32-46(30-18-12-3)49(14-5)56-42-27-23-22-26-40-53-51(55)48(39-41-54-58-52(7,8)9)35-28-34-44(45-37-38-45)36-29-43-57-50(15-6)47(31-19-13-4)33-25-21-17-11-2;;;/h15,46-48,54H,5,10-13,16-43H2,1-4,6-9H3,(H,53,55);3*1H/b50-15+;;;/t46?,47?,48-;;;/m0.../s1. The molecule has 0 aromatic carbocycles. The summed E-state index contributed by atoms with van der Waals surface area (Å²) in [4.78, 5) is 19.3. The van der Waals surface area contributed by atoms with E-state index >= 15 is 0 Å². The Hall–Kier alpha value is -2.01. The van der Waals surface area contributed by atoms with Crippen LogP contribution in [0, 0.1) is 17.8 Å². The molecule has 1 fully saturated rings. The van der Waals surface area contributed by atoms with E-state index in [9.17, 15) is 4.79 Å². The van der Waals surface area contributed by atoms with Gasteiger partial charge in [-0.1, -0.05) is 141 Å². The Bertz CT molecular complexity index is 1140. The van der Waals surface area contributed by atoms with Crippen LogP contribution in [0.4, 0.5) is 0 Å². The SMILES string of the molecule is C=C=C(OCCCCCCNC(=O)[C@@H](CCCC(CCCO/C(=C/C)C(CCCC)CCCCCC)=C1CC1)CCNOC(C)(C)C)C(CCCC)CCCCCC.[HH].[HH].[HH]. The number of hydroxylamine groups is 1. The van der Waals surface area contributed by atoms with E-state index in [-0.39, 0.29) is 21.7 Å². The van der Waals surface area contributed by atoms with Crippen molar-refractivity contribution in [1.82, 2.24) is 10.8 Å². The molecule has 0 aromatic heterocycles. The van der Waals surface area contributed by atoms with Crippen molar-refractivity contribution in [2.24, 2.45) is 17.8 Å². The number of hydrogen-bond donors (Lipinski definition) is 2. The zero-order chi connectivity index (χ0) is 42.7. The van der Waals surface area contributed by atoms with E-state index in [4.69, 9.17) is 14.3 Å². The number of unbranched alkanes of at least 4 members (excludes halogenated alkanes) is 11. The molecule has 0 aliphatic heterocycles. The molecule has 0 bridgehead atoms. The van der Waals surface area contributed by atoms with Crippen LogP contribution in [0.5, 0.6) is 0 Å². The molecule has 1 aliphatic carbocycles. The van der Waals surface area contributed by atoms with E-state index < -0.39 is 0 Å². The van der Waals surface area contributed by atoms with Gasteiger partial charge in [0.25, 0.3) is 0 Å². The normalized spacial score (nSPS) is 14.5. The van der Waals surface area contributed by atoms with E-state index in [0.717, 1.165) is 89.7 Å². The van der Waals surface area contributed by atoms with Crippen LogP contribution in [-0.2, 0) is 19.1 Å². The number of ether oxygens (including phenoxy) is 2. The van der Waals surface area contributed by atoms with Crippen LogP contribution in [0.15, 0.2) is 41.1 Å². The highest BCUT2D eigenvalue weighted by atomic mass is 16.7. The zero-order valence-electron chi connectivity index (χ0n) is 39.8. The summed E-state index contributed by atoms with van der Waals surface area (Å²) in [7, 11) is 0. The van der Waals surface area contributed by atoms with Gasteiger partial charge in [0.15, 0.2) is 0 Å². The van der Waals surface area contributed by atoms with Gasteiger partial charge in [-0.05, 0) is 124 Å². The number of nitrogens with one attached hydrogen (secondary N) is 2. The minimum absolute atomic E-state index is 0. The van der Waals surface area contributed by atoms with E-state index in [2.05, 4.69) is 63.8 Å². The highest BCUT2D eigenvalue weighted by Gasteiger charge is 2.22. The highest BCUT2D eigenvalue weighted by Crippen LogP contribution is 2.36. The van der Waals surface area contributed by atoms with Gasteiger partial charge in [0.1, 0.15) is 5.76 Å². The van der Waals surface area contributed by atoms with Crippen molar-refractivity contribution >= 4 is 5.91 Å². The van der Waals surface area contributed by atoms with Gasteiger partial charge in [0.2, 0.25) is 5.91 Å². The molecule has 3 atom stereocenters. The van der Waals surface area contributed by atoms with Crippen LogP contribution in [0.2, 0.25) is 0 Å². The first kappa shape index (κ1) is 54.0. The van der Waals surface area contributed by atoms with Crippen molar-refractivity contribution in [3.63, 3.8) is 0 Å². The number of carbonyl (C=O) groups is 1. The summed E-state index contributed by atoms with van der Waals surface area (Å²) in [5.74, 6) is 3.42. The van der Waals surface area contributed by atoms with Crippen molar-refractivity contribution in [2.45, 2.75) is 241 Å². The van der Waals surface area contributed by atoms with Crippen molar-refractivity contribution < 1.29 is 23.4 Å². The maximum absolute atomic E-state index is 13.5. The van der Waals surface area contributed by atoms with Gasteiger partial charge in [-0.3, -0.25) is 9.63 Å². The first-order chi connectivity index (χ1) is 28.1. The highest BCUT2D eigenvalue weighted by molar-refractivity contribution is 5.78. The molecule has 1 aliphatic rings. The van der Waals surface area contributed by atoms with E-state index in [0.29, 0.717) is 18.4 Å². The lowest BCUT2D eigenvalue weighted by atomic mass is 9.93. The van der Waals surface area contributed by atoms with Crippen LogP contribution in [0.25, 0.3) is 0 Å². The number of rotatable bonds is 40. The summed E-state index contributed by atoms with van der Waals surface area (Å²) in [6, 6.07) is 0. The lowest BCUT2D eigenvalue weighted by Crippen LogP contribution is -2.35. The minimum Gasteiger partial charge on any atom is -0.498 e. The Morgan fingerprint density at radius 3 is 1.83 bits per heavy atom. The topological polar surface area (TPSA) is 68.8 Å². The summed E-state index contributed by atoms with van der Waals surface area (Å²) in [6.45, 7) is 24.3. The molecule has 0 aromatic rings. The lowest BCUT2D eigenvalue weighted by Gasteiger charge is -2.22. The average molecular weight is 819 g/mol. The van der Waals surface area contributed by atoms with E-state index in [1.54, 1.807) is 11.1 Å². The molecule has 2 N–H and O–H groups in total. The second kappa shape index (κ2) is 35.7. The molecule has 6 heteroatoms. The molecule has 0 radical (unpaired) electrons. The molecular weight excluding hydrogens is 717 g/mol. The van der Waals surface area contributed by atoms with Crippen molar-refractivity contribution in [2.75, 3.05) is 26.3 Å². The maximum atomic E-state index is 13.5. The van der Waals surface area contributed by atoms with Crippen molar-refractivity contribution in [1.29, 1.82) is 0 Å². The number of hydrogen-bond acceptors (Lipinski definition) is 5. The van der Waals surface area contributed by atoms with Gasteiger partial charge in [-0.2, -0.15) is 0 Å². The third kappa shape index (κ3) is 28.5. The van der Waals surface area contributed by atoms with Gasteiger partial charge < -0.3 is 14.8 Å². The van der Waals surface area contributed by atoms with Crippen molar-refractivity contribution in [3.8, 4) is 0 Å². The molecule has 0 saturated heterocycles. The van der Waals surface area contributed by atoms with E-state index in [1.807, 2.05) is 20.8 Å². The van der Waals surface area contributed by atoms with Gasteiger partial charge in [-0.25, -0.2) is 5.48 Å². The maximum Gasteiger partial charge on any atom is 0.223 e. The number of amides is 1. The van der Waals surface area contributed by atoms with Crippen LogP contribution in [-0.4, -0.2) is 37.8 Å². The first-order valence-corrected chi connectivity index (χ1v) is 24.8. The van der Waals surface area contributed by atoms with Crippen LogP contribution in [0.3, 0.4) is 0 Å². The second-order valence-corrected chi connectivity index (χ2v) is 18.3. The molecule has 0 spiro atoms. The zero-order valence-corrected chi connectivity index (χ0v) is 39.8. The third-order valence-electron chi connectivity index (χ3n) is 11.8. The largest absolute Gasteiger partial charge is 0.498 e. The molecule has 1 saturated carbocycles. The fourth-order valence-electron chi connectivity index (χ4n) is 8.08. The Morgan fingerprint density at radius 1 is 0.672 bits per heavy atom. The van der Waals surface area contributed by atoms with E-state index in [1.165, 1.54) is 121 Å². The predicted molar refractivity (Wildman–Crippen MR) is 256 cm³/mol. The monoisotopic (exact) mass is 819 g/mol. The fraction of sp³-hybridized carbons (Fsp3) is 0.846. The summed E-state index contributed by atoms with van der Waals surface area (Å²) in [6.07, 6.45) is 35.2. The average Bonchev–Trinajstić information content (AvgIpc) is 4.06. The fourth-order valence-corrected chi connectivity index (χ4v) is 8.08.